The van der Waals surface area contributed by atoms with Crippen molar-refractivity contribution in [1.29, 1.82) is 0 Å². The summed E-state index contributed by atoms with van der Waals surface area (Å²) in [7, 11) is 0. The third kappa shape index (κ3) is 1.56. The summed E-state index contributed by atoms with van der Waals surface area (Å²) in [5.74, 6) is 0. The van der Waals surface area contributed by atoms with Gasteiger partial charge in [0.1, 0.15) is 0 Å². The molecule has 0 aliphatic heterocycles. The number of para-hydroxylation sites is 2. The molecule has 0 saturated carbocycles. The molecule has 2 aromatic carbocycles. The molecule has 3 nitrogen and oxygen atoms in total. The molecule has 0 radical (unpaired) electrons. The maximum atomic E-state index is 12.1. The molecule has 0 unspecified atom stereocenters. The number of rotatable bonds is 1. The minimum Gasteiger partial charge on any atom is -0.305 e. The number of aromatic nitrogens is 2. The van der Waals surface area contributed by atoms with E-state index in [9.17, 15) is 4.79 Å². The highest BCUT2D eigenvalue weighted by molar-refractivity contribution is 6.32. The summed E-state index contributed by atoms with van der Waals surface area (Å²) >= 11 is 6.17. The van der Waals surface area contributed by atoms with Crippen molar-refractivity contribution < 1.29 is 0 Å². The normalized spacial score (nSPS) is 11.0. The molecule has 90 valence electrons. The lowest BCUT2D eigenvalue weighted by Gasteiger charge is -2.07. The van der Waals surface area contributed by atoms with Crippen LogP contribution in [0.5, 0.6) is 0 Å². The predicted octanol–water partition coefficient (Wildman–Crippen LogP) is 3.28. The van der Waals surface area contributed by atoms with E-state index >= 15 is 0 Å². The van der Waals surface area contributed by atoms with E-state index in [1.54, 1.807) is 10.6 Å². The molecular formula is C14H11ClN2O. The second kappa shape index (κ2) is 4.03. The number of aromatic amines is 1. The van der Waals surface area contributed by atoms with Crippen LogP contribution in [0.1, 0.15) is 5.56 Å². The van der Waals surface area contributed by atoms with Gasteiger partial charge in [-0.25, -0.2) is 4.79 Å². The Morgan fingerprint density at radius 2 is 1.89 bits per heavy atom. The van der Waals surface area contributed by atoms with Gasteiger partial charge in [-0.05, 0) is 30.7 Å². The minimum absolute atomic E-state index is 0.174. The SMILES string of the molecule is Cc1cccc2[nH]c(=O)n(-c3ccccc3Cl)c12. The van der Waals surface area contributed by atoms with Crippen molar-refractivity contribution in [2.45, 2.75) is 6.92 Å². The van der Waals surface area contributed by atoms with Gasteiger partial charge in [-0.1, -0.05) is 35.9 Å². The first-order chi connectivity index (χ1) is 8.68. The highest BCUT2D eigenvalue weighted by atomic mass is 35.5. The van der Waals surface area contributed by atoms with Crippen LogP contribution in [0.2, 0.25) is 5.02 Å². The van der Waals surface area contributed by atoms with Gasteiger partial charge >= 0.3 is 5.69 Å². The molecule has 0 fully saturated rings. The fraction of sp³-hybridized carbons (Fsp3) is 0.0714. The second-order valence-electron chi connectivity index (χ2n) is 4.19. The number of hydrogen-bond donors (Lipinski definition) is 1. The molecule has 0 aliphatic rings. The molecule has 0 saturated heterocycles. The van der Waals surface area contributed by atoms with E-state index in [2.05, 4.69) is 4.98 Å². The summed E-state index contributed by atoms with van der Waals surface area (Å²) in [4.78, 5) is 14.9. The topological polar surface area (TPSA) is 37.8 Å². The zero-order valence-electron chi connectivity index (χ0n) is 9.77. The average Bonchev–Trinajstić information content (AvgIpc) is 2.68. The van der Waals surface area contributed by atoms with Crippen molar-refractivity contribution in [1.82, 2.24) is 9.55 Å². The largest absolute Gasteiger partial charge is 0.331 e. The van der Waals surface area contributed by atoms with Crippen molar-refractivity contribution in [3.05, 3.63) is 63.5 Å². The maximum absolute atomic E-state index is 12.1. The van der Waals surface area contributed by atoms with Gasteiger partial charge in [-0.2, -0.15) is 0 Å². The van der Waals surface area contributed by atoms with Crippen LogP contribution in [0, 0.1) is 6.92 Å². The third-order valence-corrected chi connectivity index (χ3v) is 3.32. The molecule has 18 heavy (non-hydrogen) atoms. The van der Waals surface area contributed by atoms with Gasteiger partial charge in [0.25, 0.3) is 0 Å². The quantitative estimate of drug-likeness (QED) is 0.715. The number of aryl methyl sites for hydroxylation is 1. The third-order valence-electron chi connectivity index (χ3n) is 3.00. The van der Waals surface area contributed by atoms with E-state index in [0.717, 1.165) is 16.6 Å². The summed E-state index contributed by atoms with van der Waals surface area (Å²) in [6.45, 7) is 1.98. The lowest BCUT2D eigenvalue weighted by Crippen LogP contribution is -2.15. The highest BCUT2D eigenvalue weighted by Crippen LogP contribution is 2.24. The molecule has 0 aliphatic carbocycles. The van der Waals surface area contributed by atoms with Gasteiger partial charge in [-0.3, -0.25) is 4.57 Å². The Labute approximate surface area is 109 Å². The summed E-state index contributed by atoms with van der Waals surface area (Å²) < 4.78 is 1.62. The Morgan fingerprint density at radius 1 is 1.11 bits per heavy atom. The number of benzene rings is 2. The molecule has 0 amide bonds. The number of fused-ring (bicyclic) bond motifs is 1. The van der Waals surface area contributed by atoms with Crippen molar-refractivity contribution in [2.75, 3.05) is 0 Å². The van der Waals surface area contributed by atoms with Gasteiger partial charge < -0.3 is 4.98 Å². The van der Waals surface area contributed by atoms with E-state index in [1.165, 1.54) is 0 Å². The van der Waals surface area contributed by atoms with Gasteiger partial charge in [0.2, 0.25) is 0 Å². The average molecular weight is 259 g/mol. The standard InChI is InChI=1S/C14H11ClN2O/c1-9-5-4-7-11-13(9)17(14(18)16-11)12-8-3-2-6-10(12)15/h2-8H,1H3,(H,16,18). The number of nitrogens with zero attached hydrogens (tertiary/aromatic N) is 1. The smallest absolute Gasteiger partial charge is 0.305 e. The van der Waals surface area contributed by atoms with Crippen LogP contribution in [-0.4, -0.2) is 9.55 Å². The molecule has 0 atom stereocenters. The van der Waals surface area contributed by atoms with Crippen LogP contribution < -0.4 is 5.69 Å². The summed E-state index contributed by atoms with van der Waals surface area (Å²) in [5.41, 5.74) is 3.25. The Kier molecular flexibility index (Phi) is 2.49. The van der Waals surface area contributed by atoms with Crippen LogP contribution >= 0.6 is 11.6 Å². The van der Waals surface area contributed by atoms with Crippen molar-refractivity contribution >= 4 is 22.6 Å². The summed E-state index contributed by atoms with van der Waals surface area (Å²) in [5, 5.41) is 0.559. The minimum atomic E-state index is -0.174. The molecule has 1 heterocycles. The van der Waals surface area contributed by atoms with Crippen LogP contribution in [0.15, 0.2) is 47.3 Å². The van der Waals surface area contributed by atoms with E-state index < -0.39 is 0 Å². The van der Waals surface area contributed by atoms with Crippen LogP contribution in [-0.2, 0) is 0 Å². The molecule has 4 heteroatoms. The zero-order chi connectivity index (χ0) is 12.7. The maximum Gasteiger partial charge on any atom is 0.331 e. The summed E-state index contributed by atoms with van der Waals surface area (Å²) in [6, 6.07) is 13.1. The number of hydrogen-bond acceptors (Lipinski definition) is 1. The first-order valence-corrected chi connectivity index (χ1v) is 6.01. The van der Waals surface area contributed by atoms with E-state index in [0.29, 0.717) is 10.7 Å². The van der Waals surface area contributed by atoms with E-state index in [1.807, 2.05) is 43.3 Å². The number of nitrogens with one attached hydrogen (secondary N) is 1. The van der Waals surface area contributed by atoms with Crippen LogP contribution in [0.25, 0.3) is 16.7 Å². The molecule has 0 spiro atoms. The fourth-order valence-electron chi connectivity index (χ4n) is 2.19. The molecular weight excluding hydrogens is 248 g/mol. The molecule has 3 rings (SSSR count). The fourth-order valence-corrected chi connectivity index (χ4v) is 2.41. The monoisotopic (exact) mass is 258 g/mol. The zero-order valence-corrected chi connectivity index (χ0v) is 10.5. The molecule has 3 aromatic rings. The molecule has 0 bridgehead atoms. The highest BCUT2D eigenvalue weighted by Gasteiger charge is 2.12. The summed E-state index contributed by atoms with van der Waals surface area (Å²) in [6.07, 6.45) is 0. The van der Waals surface area contributed by atoms with E-state index in [4.69, 9.17) is 11.6 Å². The lowest BCUT2D eigenvalue weighted by molar-refractivity contribution is 1.01. The Balaban J connectivity index is 2.47. The number of imidazole rings is 1. The van der Waals surface area contributed by atoms with Gasteiger partial charge in [0, 0.05) is 0 Å². The first-order valence-electron chi connectivity index (χ1n) is 5.64. The second-order valence-corrected chi connectivity index (χ2v) is 4.60. The van der Waals surface area contributed by atoms with Crippen molar-refractivity contribution in [2.24, 2.45) is 0 Å². The van der Waals surface area contributed by atoms with Crippen LogP contribution in [0.3, 0.4) is 0 Å². The Bertz CT molecular complexity index is 786. The molecule has 1 aromatic heterocycles. The Hall–Kier alpha value is -2.00. The molecule has 1 N–H and O–H groups in total. The van der Waals surface area contributed by atoms with Gasteiger partial charge in [0.05, 0.1) is 21.7 Å². The van der Waals surface area contributed by atoms with Crippen molar-refractivity contribution in [3.63, 3.8) is 0 Å². The van der Waals surface area contributed by atoms with E-state index in [-0.39, 0.29) is 5.69 Å². The number of halogens is 1. The predicted molar refractivity (Wildman–Crippen MR) is 73.6 cm³/mol. The van der Waals surface area contributed by atoms with Gasteiger partial charge in [0.15, 0.2) is 0 Å². The number of H-pyrrole nitrogens is 1. The Morgan fingerprint density at radius 3 is 2.67 bits per heavy atom. The van der Waals surface area contributed by atoms with Crippen LogP contribution in [0.4, 0.5) is 0 Å². The van der Waals surface area contributed by atoms with Gasteiger partial charge in [-0.15, -0.1) is 0 Å². The lowest BCUT2D eigenvalue weighted by atomic mass is 10.2. The van der Waals surface area contributed by atoms with Crippen molar-refractivity contribution in [3.8, 4) is 5.69 Å². The first kappa shape index (κ1) is 11.1.